The number of carbonyl (C=O) groups excluding carboxylic acids is 1. The fourth-order valence-electron chi connectivity index (χ4n) is 3.17. The van der Waals surface area contributed by atoms with E-state index in [-0.39, 0.29) is 24.7 Å². The first-order chi connectivity index (χ1) is 14.2. The molecule has 0 saturated carbocycles. The fourth-order valence-corrected chi connectivity index (χ4v) is 3.17. The molecule has 2 heterocycles. The van der Waals surface area contributed by atoms with Gasteiger partial charge in [0.2, 0.25) is 6.29 Å². The molecule has 11 heteroatoms. The minimum Gasteiger partial charge on any atom is -0.462 e. The molecule has 9 atom stereocenters. The number of carbonyl (C=O) groups is 1. The number of benzene rings is 1. The van der Waals surface area contributed by atoms with Crippen LogP contribution in [-0.2, 0) is 14.2 Å². The maximum Gasteiger partial charge on any atom is 0.229 e. The number of aliphatic hydroxyl groups excluding tert-OH is 6. The Labute approximate surface area is 172 Å². The van der Waals surface area contributed by atoms with Crippen LogP contribution in [0, 0.1) is 0 Å². The predicted molar refractivity (Wildman–Crippen MR) is 97.5 cm³/mol. The molecule has 168 valence electrons. The molecule has 0 unspecified atom stereocenters. The van der Waals surface area contributed by atoms with E-state index in [2.05, 4.69) is 0 Å². The molecule has 11 nitrogen and oxygen atoms in total. The molecule has 0 radical (unpaired) electrons. The Morgan fingerprint density at radius 3 is 2.20 bits per heavy atom. The van der Waals surface area contributed by atoms with E-state index in [1.807, 2.05) is 0 Å². The van der Waals surface area contributed by atoms with Gasteiger partial charge in [-0.05, 0) is 31.2 Å². The summed E-state index contributed by atoms with van der Waals surface area (Å²) in [5.41, 5.74) is 0.465. The summed E-state index contributed by atoms with van der Waals surface area (Å²) in [5.74, 6) is 0.131. The van der Waals surface area contributed by atoms with Crippen LogP contribution in [0.25, 0.3) is 0 Å². The number of hydrogen-bond acceptors (Lipinski definition) is 11. The van der Waals surface area contributed by atoms with E-state index < -0.39 is 55.3 Å². The lowest BCUT2D eigenvalue weighted by molar-refractivity contribution is -0.307. The highest BCUT2D eigenvalue weighted by atomic mass is 16.7. The van der Waals surface area contributed by atoms with Gasteiger partial charge < -0.3 is 49.6 Å². The van der Waals surface area contributed by atoms with Gasteiger partial charge in [-0.2, -0.15) is 0 Å². The zero-order valence-electron chi connectivity index (χ0n) is 16.1. The summed E-state index contributed by atoms with van der Waals surface area (Å²) in [6.07, 6.45) is -12.8. The largest absolute Gasteiger partial charge is 0.462 e. The number of ether oxygens (including phenoxy) is 4. The van der Waals surface area contributed by atoms with Gasteiger partial charge in [0.1, 0.15) is 48.5 Å². The van der Waals surface area contributed by atoms with Crippen molar-refractivity contribution in [1.82, 2.24) is 0 Å². The molecule has 0 aromatic heterocycles. The van der Waals surface area contributed by atoms with E-state index in [0.717, 1.165) is 0 Å². The molecule has 1 aromatic carbocycles. The van der Waals surface area contributed by atoms with Crippen LogP contribution in [0.2, 0.25) is 0 Å². The van der Waals surface area contributed by atoms with Crippen molar-refractivity contribution in [3.05, 3.63) is 29.8 Å². The number of hydrogen-bond donors (Lipinski definition) is 6. The number of aliphatic hydroxyl groups is 6. The highest BCUT2D eigenvalue weighted by molar-refractivity contribution is 5.94. The van der Waals surface area contributed by atoms with Crippen molar-refractivity contribution in [1.29, 1.82) is 0 Å². The van der Waals surface area contributed by atoms with Crippen LogP contribution in [0.15, 0.2) is 24.3 Å². The molecular weight excluding hydrogens is 404 g/mol. The van der Waals surface area contributed by atoms with Gasteiger partial charge in [0, 0.05) is 5.56 Å². The second-order valence-corrected chi connectivity index (χ2v) is 7.30. The van der Waals surface area contributed by atoms with Crippen LogP contribution < -0.4 is 4.74 Å². The van der Waals surface area contributed by atoms with Crippen LogP contribution >= 0.6 is 0 Å². The van der Waals surface area contributed by atoms with E-state index in [9.17, 15) is 35.4 Å². The van der Waals surface area contributed by atoms with E-state index >= 15 is 0 Å². The summed E-state index contributed by atoms with van der Waals surface area (Å²) in [6.45, 7) is 0.776. The second-order valence-electron chi connectivity index (χ2n) is 7.30. The third-order valence-electron chi connectivity index (χ3n) is 5.06. The van der Waals surface area contributed by atoms with Crippen molar-refractivity contribution in [2.45, 2.75) is 62.2 Å². The van der Waals surface area contributed by atoms with Crippen molar-refractivity contribution < 1.29 is 54.4 Å². The quantitative estimate of drug-likeness (QED) is 0.264. The van der Waals surface area contributed by atoms with Crippen LogP contribution in [0.5, 0.6) is 5.75 Å². The molecule has 0 amide bonds. The summed E-state index contributed by atoms with van der Waals surface area (Å²) in [6, 6.07) is 6.05. The predicted octanol–water partition coefficient (Wildman–Crippen LogP) is -2.47. The Bertz CT molecular complexity index is 711. The fraction of sp³-hybridized carbons (Fsp3) is 0.632. The van der Waals surface area contributed by atoms with Gasteiger partial charge in [-0.25, -0.2) is 0 Å². The summed E-state index contributed by atoms with van der Waals surface area (Å²) in [4.78, 5) is 11.3. The number of Topliss-reactive ketones (excluding diaryl/α,β-unsaturated/α-hetero) is 1. The lowest BCUT2D eigenvalue weighted by Gasteiger charge is -2.41. The Morgan fingerprint density at radius 2 is 1.57 bits per heavy atom. The van der Waals surface area contributed by atoms with Gasteiger partial charge >= 0.3 is 0 Å². The molecule has 0 bridgehead atoms. The normalized spacial score (nSPS) is 39.5. The van der Waals surface area contributed by atoms with Gasteiger partial charge in [0.25, 0.3) is 0 Å². The Hall–Kier alpha value is -1.67. The molecular formula is C19H26O11. The standard InChI is InChI=1S/C19H26O11/c1-8(20)9-2-4-10(5-3-9)29-19-17(26)15(24)14(23)12(30-19)7-28-18-16(25)13(22)11(21)6-27-18/h2-5,11-19,21-26H,6-7H2,1H3/t11-,12-,13+,14-,15+,16-,17-,18-,19+/m1/s1. The highest BCUT2D eigenvalue weighted by Crippen LogP contribution is 2.26. The summed E-state index contributed by atoms with van der Waals surface area (Å²) >= 11 is 0. The molecule has 0 spiro atoms. The highest BCUT2D eigenvalue weighted by Gasteiger charge is 2.46. The van der Waals surface area contributed by atoms with E-state index in [1.165, 1.54) is 31.2 Å². The zero-order valence-corrected chi connectivity index (χ0v) is 16.1. The summed E-state index contributed by atoms with van der Waals surface area (Å²) in [5, 5.41) is 59.5. The third kappa shape index (κ3) is 4.97. The Balaban J connectivity index is 1.62. The molecule has 0 aliphatic carbocycles. The smallest absolute Gasteiger partial charge is 0.229 e. The molecule has 2 saturated heterocycles. The van der Waals surface area contributed by atoms with Gasteiger partial charge in [-0.1, -0.05) is 0 Å². The molecule has 6 N–H and O–H groups in total. The molecule has 3 rings (SSSR count). The molecule has 1 aromatic rings. The van der Waals surface area contributed by atoms with Crippen molar-refractivity contribution in [2.24, 2.45) is 0 Å². The topological polar surface area (TPSA) is 175 Å². The van der Waals surface area contributed by atoms with E-state index in [1.54, 1.807) is 0 Å². The van der Waals surface area contributed by atoms with Gasteiger partial charge in [-0.15, -0.1) is 0 Å². The minimum atomic E-state index is -1.61. The molecule has 2 aliphatic heterocycles. The van der Waals surface area contributed by atoms with Crippen molar-refractivity contribution in [3.8, 4) is 5.75 Å². The van der Waals surface area contributed by atoms with Crippen molar-refractivity contribution in [2.75, 3.05) is 13.2 Å². The van der Waals surface area contributed by atoms with E-state index in [0.29, 0.717) is 5.56 Å². The van der Waals surface area contributed by atoms with Crippen molar-refractivity contribution >= 4 is 5.78 Å². The summed E-state index contributed by atoms with van der Waals surface area (Å²) in [7, 11) is 0. The molecule has 2 aliphatic rings. The first kappa shape index (κ1) is 23.0. The Morgan fingerprint density at radius 1 is 0.933 bits per heavy atom. The van der Waals surface area contributed by atoms with Crippen LogP contribution in [0.4, 0.5) is 0 Å². The van der Waals surface area contributed by atoms with Crippen LogP contribution in [0.3, 0.4) is 0 Å². The monoisotopic (exact) mass is 430 g/mol. The average molecular weight is 430 g/mol. The first-order valence-electron chi connectivity index (χ1n) is 9.43. The maximum atomic E-state index is 11.3. The zero-order chi connectivity index (χ0) is 22.0. The van der Waals surface area contributed by atoms with Gasteiger partial charge in [0.15, 0.2) is 12.1 Å². The number of rotatable bonds is 6. The average Bonchev–Trinajstić information content (AvgIpc) is 2.73. The van der Waals surface area contributed by atoms with Crippen LogP contribution in [0.1, 0.15) is 17.3 Å². The lowest BCUT2D eigenvalue weighted by Crippen LogP contribution is -2.61. The second kappa shape index (κ2) is 9.64. The van der Waals surface area contributed by atoms with Crippen molar-refractivity contribution in [3.63, 3.8) is 0 Å². The van der Waals surface area contributed by atoms with E-state index in [4.69, 9.17) is 18.9 Å². The SMILES string of the molecule is CC(=O)c1ccc(O[C@H]2O[C@H](CO[C@H]3OC[C@@H](O)[C@H](O)[C@H]3O)[C@@H](O)[C@H](O)[C@H]2O)cc1. The van der Waals surface area contributed by atoms with Crippen LogP contribution in [-0.4, -0.2) is 105 Å². The number of ketones is 1. The minimum absolute atomic E-state index is 0.129. The first-order valence-corrected chi connectivity index (χ1v) is 9.43. The molecule has 2 fully saturated rings. The summed E-state index contributed by atoms with van der Waals surface area (Å²) < 4.78 is 21.5. The molecule has 30 heavy (non-hydrogen) atoms. The third-order valence-corrected chi connectivity index (χ3v) is 5.06. The van der Waals surface area contributed by atoms with Gasteiger partial charge in [-0.3, -0.25) is 4.79 Å². The maximum absolute atomic E-state index is 11.3. The lowest BCUT2D eigenvalue weighted by atomic mass is 9.99. The Kier molecular flexibility index (Phi) is 7.39. The van der Waals surface area contributed by atoms with Gasteiger partial charge in [0.05, 0.1) is 13.2 Å².